The summed E-state index contributed by atoms with van der Waals surface area (Å²) in [5.41, 5.74) is 3.58. The van der Waals surface area contributed by atoms with Gasteiger partial charge >= 0.3 is 0 Å². The summed E-state index contributed by atoms with van der Waals surface area (Å²) in [6.07, 6.45) is 6.00. The molecule has 2 aromatic carbocycles. The molecule has 148 valence electrons. The average molecular weight is 380 g/mol. The Morgan fingerprint density at radius 2 is 1.00 bits per heavy atom. The summed E-state index contributed by atoms with van der Waals surface area (Å²) in [5, 5.41) is 0. The van der Waals surface area contributed by atoms with Crippen molar-refractivity contribution in [2.75, 3.05) is 14.2 Å². The molecule has 1 aliphatic carbocycles. The lowest BCUT2D eigenvalue weighted by Crippen LogP contribution is -2.05. The minimum Gasteiger partial charge on any atom is -0.496 e. The molecule has 0 N–H and O–H groups in total. The Hall–Kier alpha value is -2.62. The van der Waals surface area contributed by atoms with Gasteiger partial charge in [0, 0.05) is 24.0 Å². The summed E-state index contributed by atoms with van der Waals surface area (Å²) in [7, 11) is 3.30. The van der Waals surface area contributed by atoms with Crippen molar-refractivity contribution < 1.29 is 19.1 Å². The maximum absolute atomic E-state index is 12.6. The monoisotopic (exact) mass is 380 g/mol. The first kappa shape index (κ1) is 20.1. The lowest BCUT2D eigenvalue weighted by Gasteiger charge is -2.13. The van der Waals surface area contributed by atoms with Crippen molar-refractivity contribution in [2.24, 2.45) is 0 Å². The Morgan fingerprint density at radius 3 is 1.39 bits per heavy atom. The molecule has 0 fully saturated rings. The minimum absolute atomic E-state index is 0.173. The van der Waals surface area contributed by atoms with Crippen LogP contribution in [0.2, 0.25) is 0 Å². The molecule has 0 saturated carbocycles. The molecule has 0 amide bonds. The van der Waals surface area contributed by atoms with Crippen molar-refractivity contribution in [3.63, 3.8) is 0 Å². The number of Topliss-reactive ketones (excluding diaryl/α,β-unsaturated/α-hetero) is 2. The SMILES string of the molecule is COc1ccc2cc1CCCCC(=O)c1ccc(OC)c(c1)CCCCC2=O. The standard InChI is InChI=1S/C24H28O4/c1-27-23-13-11-17-15-19(23)7-3-5-9-22(26)18-12-14-24(28-2)20(16-18)8-4-6-10-21(17)25/h11-16H,3-10H2,1-2H3. The van der Waals surface area contributed by atoms with Gasteiger partial charge in [0.25, 0.3) is 0 Å². The maximum atomic E-state index is 12.6. The van der Waals surface area contributed by atoms with Gasteiger partial charge in [0.15, 0.2) is 11.6 Å². The second kappa shape index (κ2) is 9.54. The predicted molar refractivity (Wildman–Crippen MR) is 110 cm³/mol. The highest BCUT2D eigenvalue weighted by atomic mass is 16.5. The molecule has 0 saturated heterocycles. The van der Waals surface area contributed by atoms with Crippen LogP contribution < -0.4 is 9.47 Å². The summed E-state index contributed by atoms with van der Waals surface area (Å²) >= 11 is 0. The van der Waals surface area contributed by atoms with Gasteiger partial charge in [-0.05, 0) is 86.1 Å². The van der Waals surface area contributed by atoms with E-state index >= 15 is 0 Å². The molecule has 1 aliphatic rings. The van der Waals surface area contributed by atoms with Crippen LogP contribution in [0.5, 0.6) is 11.5 Å². The Balaban J connectivity index is 1.83. The molecule has 0 heterocycles. The average Bonchev–Trinajstić information content (AvgIpc) is 2.73. The van der Waals surface area contributed by atoms with Crippen molar-refractivity contribution >= 4 is 11.6 Å². The van der Waals surface area contributed by atoms with E-state index < -0.39 is 0 Å². The summed E-state index contributed by atoms with van der Waals surface area (Å²) < 4.78 is 10.9. The summed E-state index contributed by atoms with van der Waals surface area (Å²) in [4.78, 5) is 25.2. The molecule has 0 radical (unpaired) electrons. The zero-order chi connectivity index (χ0) is 19.9. The first-order valence-electron chi connectivity index (χ1n) is 10.0. The van der Waals surface area contributed by atoms with Gasteiger partial charge in [0.1, 0.15) is 11.5 Å². The first-order valence-corrected chi connectivity index (χ1v) is 10.0. The van der Waals surface area contributed by atoms with E-state index in [0.29, 0.717) is 12.8 Å². The molecule has 2 aromatic rings. The third kappa shape index (κ3) is 4.80. The predicted octanol–water partition coefficient (Wildman–Crippen LogP) is 5.21. The largest absolute Gasteiger partial charge is 0.496 e. The van der Waals surface area contributed by atoms with Gasteiger partial charge in [-0.25, -0.2) is 0 Å². The van der Waals surface area contributed by atoms with Crippen molar-refractivity contribution in [2.45, 2.75) is 51.4 Å². The Labute approximate surface area is 166 Å². The van der Waals surface area contributed by atoms with E-state index in [9.17, 15) is 9.59 Å². The van der Waals surface area contributed by atoms with Crippen LogP contribution in [-0.4, -0.2) is 25.8 Å². The fraction of sp³-hybridized carbons (Fsp3) is 0.417. The van der Waals surface area contributed by atoms with E-state index in [-0.39, 0.29) is 11.6 Å². The molecule has 3 rings (SSSR count). The topological polar surface area (TPSA) is 52.6 Å². The van der Waals surface area contributed by atoms with E-state index in [0.717, 1.165) is 72.3 Å². The molecule has 0 spiro atoms. The Morgan fingerprint density at radius 1 is 0.607 bits per heavy atom. The van der Waals surface area contributed by atoms with E-state index in [4.69, 9.17) is 9.47 Å². The lowest BCUT2D eigenvalue weighted by atomic mass is 9.95. The van der Waals surface area contributed by atoms with Crippen LogP contribution in [0.4, 0.5) is 0 Å². The van der Waals surface area contributed by atoms with Gasteiger partial charge in [0.2, 0.25) is 0 Å². The molecule has 0 atom stereocenters. The number of ketones is 2. The molecule has 0 aromatic heterocycles. The third-order valence-corrected chi connectivity index (χ3v) is 5.40. The molecule has 0 unspecified atom stereocenters. The molecule has 0 aliphatic heterocycles. The zero-order valence-corrected chi connectivity index (χ0v) is 16.8. The zero-order valence-electron chi connectivity index (χ0n) is 16.8. The van der Waals surface area contributed by atoms with Gasteiger partial charge in [-0.15, -0.1) is 0 Å². The third-order valence-electron chi connectivity index (χ3n) is 5.40. The molecule has 4 bridgehead atoms. The van der Waals surface area contributed by atoms with Crippen LogP contribution in [0, 0.1) is 0 Å². The summed E-state index contributed by atoms with van der Waals surface area (Å²) in [5.74, 6) is 1.96. The molecular weight excluding hydrogens is 352 g/mol. The van der Waals surface area contributed by atoms with Gasteiger partial charge < -0.3 is 9.47 Å². The number of carbonyl (C=O) groups is 2. The number of fused-ring (bicyclic) bond motifs is 4. The number of carbonyl (C=O) groups excluding carboxylic acids is 2. The van der Waals surface area contributed by atoms with Crippen LogP contribution >= 0.6 is 0 Å². The number of benzene rings is 2. The van der Waals surface area contributed by atoms with Crippen LogP contribution in [0.25, 0.3) is 0 Å². The van der Waals surface area contributed by atoms with Crippen LogP contribution in [0.1, 0.15) is 70.4 Å². The number of hydrogen-bond donors (Lipinski definition) is 0. The van der Waals surface area contributed by atoms with Crippen molar-refractivity contribution in [3.05, 3.63) is 58.7 Å². The number of methoxy groups -OCH3 is 2. The fourth-order valence-corrected chi connectivity index (χ4v) is 3.79. The maximum Gasteiger partial charge on any atom is 0.162 e. The molecule has 4 nitrogen and oxygen atoms in total. The van der Waals surface area contributed by atoms with Crippen molar-refractivity contribution in [1.82, 2.24) is 0 Å². The van der Waals surface area contributed by atoms with Crippen molar-refractivity contribution in [3.8, 4) is 11.5 Å². The highest BCUT2D eigenvalue weighted by molar-refractivity contribution is 5.97. The molecule has 28 heavy (non-hydrogen) atoms. The van der Waals surface area contributed by atoms with E-state index in [1.807, 2.05) is 36.4 Å². The minimum atomic E-state index is 0.173. The normalized spacial score (nSPS) is 15.9. The summed E-state index contributed by atoms with van der Waals surface area (Å²) in [6.45, 7) is 0. The fourth-order valence-electron chi connectivity index (χ4n) is 3.79. The van der Waals surface area contributed by atoms with Gasteiger partial charge in [-0.1, -0.05) is 0 Å². The first-order chi connectivity index (χ1) is 13.6. The smallest absolute Gasteiger partial charge is 0.162 e. The van der Waals surface area contributed by atoms with Crippen molar-refractivity contribution in [1.29, 1.82) is 0 Å². The van der Waals surface area contributed by atoms with E-state index in [2.05, 4.69) is 0 Å². The second-order valence-electron chi connectivity index (χ2n) is 7.31. The van der Waals surface area contributed by atoms with Crippen LogP contribution in [-0.2, 0) is 12.8 Å². The Bertz CT molecular complexity index is 782. The lowest BCUT2D eigenvalue weighted by molar-refractivity contribution is 0.0972. The van der Waals surface area contributed by atoms with Gasteiger partial charge in [-0.3, -0.25) is 9.59 Å². The second-order valence-corrected chi connectivity index (χ2v) is 7.31. The highest BCUT2D eigenvalue weighted by Crippen LogP contribution is 2.26. The summed E-state index contributed by atoms with van der Waals surface area (Å²) in [6, 6.07) is 11.4. The van der Waals surface area contributed by atoms with Crippen LogP contribution in [0.3, 0.4) is 0 Å². The Kier molecular flexibility index (Phi) is 6.85. The highest BCUT2D eigenvalue weighted by Gasteiger charge is 2.14. The van der Waals surface area contributed by atoms with Crippen LogP contribution in [0.15, 0.2) is 36.4 Å². The van der Waals surface area contributed by atoms with Gasteiger partial charge in [-0.2, -0.15) is 0 Å². The van der Waals surface area contributed by atoms with E-state index in [1.165, 1.54) is 0 Å². The number of rotatable bonds is 2. The van der Waals surface area contributed by atoms with E-state index in [1.54, 1.807) is 14.2 Å². The number of aryl methyl sites for hydroxylation is 2. The molecular formula is C24H28O4. The molecule has 4 heteroatoms. The number of hydrogen-bond acceptors (Lipinski definition) is 4. The quantitative estimate of drug-likeness (QED) is 0.718. The number of ether oxygens (including phenoxy) is 2. The van der Waals surface area contributed by atoms with Gasteiger partial charge in [0.05, 0.1) is 14.2 Å².